The molecule has 0 aromatic heterocycles. The van der Waals surface area contributed by atoms with Crippen LogP contribution in [0.5, 0.6) is 0 Å². The average Bonchev–Trinajstić information content (AvgIpc) is 2.31. The van der Waals surface area contributed by atoms with E-state index in [0.717, 1.165) is 24.4 Å². The van der Waals surface area contributed by atoms with Crippen molar-refractivity contribution in [3.8, 4) is 0 Å². The van der Waals surface area contributed by atoms with Crippen molar-refractivity contribution in [2.45, 2.75) is 19.0 Å². The van der Waals surface area contributed by atoms with E-state index in [4.69, 9.17) is 4.74 Å². The summed E-state index contributed by atoms with van der Waals surface area (Å²) in [4.78, 5) is 1.12. The first-order valence-corrected chi connectivity index (χ1v) is 3.75. The van der Waals surface area contributed by atoms with Gasteiger partial charge in [0.25, 0.3) is 6.43 Å². The Morgan fingerprint density at radius 2 is 2.36 bits per heavy atom. The Morgan fingerprint density at radius 1 is 1.64 bits per heavy atom. The van der Waals surface area contributed by atoms with E-state index in [9.17, 15) is 8.78 Å². The topological polar surface area (TPSA) is 13.7 Å². The number of nitrogens with one attached hydrogen (secondary N) is 1. The Labute approximate surface area is 65.1 Å². The molecule has 2 atom stereocenters. The van der Waals surface area contributed by atoms with Gasteiger partial charge < -0.3 is 9.64 Å². The molecule has 1 N–H and O–H groups in total. The fourth-order valence-corrected chi connectivity index (χ4v) is 1.24. The molecular weight excluding hydrogens is 152 g/mol. The van der Waals surface area contributed by atoms with Crippen molar-refractivity contribution in [2.75, 3.05) is 19.7 Å². The third-order valence-electron chi connectivity index (χ3n) is 1.79. The van der Waals surface area contributed by atoms with Gasteiger partial charge in [-0.05, 0) is 0 Å². The number of ether oxygens (including phenoxy) is 1. The predicted octanol–water partition coefficient (Wildman–Crippen LogP) is -0.283. The van der Waals surface area contributed by atoms with Gasteiger partial charge in [-0.15, -0.1) is 0 Å². The molecule has 0 spiro atoms. The fraction of sp³-hybridized carbons (Fsp3) is 0.857. The minimum absolute atomic E-state index is 0.00324. The van der Waals surface area contributed by atoms with Gasteiger partial charge in [-0.1, -0.05) is 0 Å². The Hall–Kier alpha value is -0.220. The molecule has 1 saturated heterocycles. The number of hydrogen-bond donors (Lipinski definition) is 1. The summed E-state index contributed by atoms with van der Waals surface area (Å²) in [5.41, 5.74) is 0. The summed E-state index contributed by atoms with van der Waals surface area (Å²) in [5, 5.41) is 0. The van der Waals surface area contributed by atoms with Gasteiger partial charge in [0.15, 0.2) is 0 Å². The molecule has 1 aliphatic heterocycles. The molecular formula is C7H13F2NO. The second kappa shape index (κ2) is 3.97. The zero-order valence-corrected chi connectivity index (χ0v) is 6.35. The first-order chi connectivity index (χ1) is 5.18. The lowest BCUT2D eigenvalue weighted by Crippen LogP contribution is -3.05. The molecule has 1 rings (SSSR count). The first kappa shape index (κ1) is 8.87. The quantitative estimate of drug-likeness (QED) is 0.568. The molecule has 1 aliphatic rings. The van der Waals surface area contributed by atoms with E-state index in [1.54, 1.807) is 0 Å². The van der Waals surface area contributed by atoms with Gasteiger partial charge in [0.2, 0.25) is 0 Å². The average molecular weight is 165 g/mol. The summed E-state index contributed by atoms with van der Waals surface area (Å²) in [5.74, 6) is 0. The van der Waals surface area contributed by atoms with Crippen LogP contribution in [0.15, 0.2) is 0 Å². The number of quaternary nitrogens is 1. The second-order valence-corrected chi connectivity index (χ2v) is 2.84. The minimum atomic E-state index is -2.34. The van der Waals surface area contributed by atoms with Crippen molar-refractivity contribution in [2.24, 2.45) is 0 Å². The number of alkyl halides is 2. The molecule has 0 amide bonds. The highest BCUT2D eigenvalue weighted by atomic mass is 19.3. The van der Waals surface area contributed by atoms with E-state index < -0.39 is 13.0 Å². The van der Waals surface area contributed by atoms with E-state index in [1.165, 1.54) is 0 Å². The van der Waals surface area contributed by atoms with Crippen LogP contribution in [0.1, 0.15) is 6.42 Å². The summed E-state index contributed by atoms with van der Waals surface area (Å²) in [6.07, 6.45) is -1.49. The monoisotopic (exact) mass is 165 g/mol. The van der Waals surface area contributed by atoms with Gasteiger partial charge in [0.05, 0.1) is 13.1 Å². The third-order valence-corrected chi connectivity index (χ3v) is 1.79. The lowest BCUT2D eigenvalue weighted by atomic mass is 10.3. The van der Waals surface area contributed by atoms with Crippen molar-refractivity contribution in [1.29, 1.82) is 0 Å². The van der Waals surface area contributed by atoms with E-state index in [0.29, 0.717) is 0 Å². The number of hydrogen-bond acceptors (Lipinski definition) is 1. The summed E-state index contributed by atoms with van der Waals surface area (Å²) in [6, 6.07) is 0. The maximum atomic E-state index is 11.6. The van der Waals surface area contributed by atoms with Crippen LogP contribution in [0.3, 0.4) is 0 Å². The molecule has 0 bridgehead atoms. The number of halogens is 2. The normalized spacial score (nSPS) is 31.6. The first-order valence-electron chi connectivity index (χ1n) is 3.75. The molecule has 1 fully saturated rings. The standard InChI is InChI=1S/C7H13F2NO/c1-10-3-2-6(4-10)11-5-7(8)9/h6-7,10H,1-5H2/t6-/m0/s1. The Morgan fingerprint density at radius 3 is 2.82 bits per heavy atom. The highest BCUT2D eigenvalue weighted by Gasteiger charge is 2.21. The van der Waals surface area contributed by atoms with Crippen LogP contribution >= 0.6 is 0 Å². The summed E-state index contributed by atoms with van der Waals surface area (Å²) < 4.78 is 28.2. The van der Waals surface area contributed by atoms with Crippen molar-refractivity contribution < 1.29 is 18.4 Å². The van der Waals surface area contributed by atoms with Gasteiger partial charge in [-0.3, -0.25) is 0 Å². The maximum Gasteiger partial charge on any atom is 0.261 e. The van der Waals surface area contributed by atoms with Crippen LogP contribution in [0.25, 0.3) is 0 Å². The van der Waals surface area contributed by atoms with Crippen molar-refractivity contribution in [3.63, 3.8) is 0 Å². The van der Waals surface area contributed by atoms with E-state index in [2.05, 4.69) is 7.05 Å². The molecule has 4 heteroatoms. The second-order valence-electron chi connectivity index (χ2n) is 2.84. The SMILES string of the molecule is [CH2-][NH+]1CC[C@H](OCC(F)F)C1. The van der Waals surface area contributed by atoms with Crippen LogP contribution in [-0.4, -0.2) is 32.2 Å². The van der Waals surface area contributed by atoms with Crippen molar-refractivity contribution in [1.82, 2.24) is 0 Å². The predicted molar refractivity (Wildman–Crippen MR) is 36.4 cm³/mol. The fourth-order valence-electron chi connectivity index (χ4n) is 1.24. The van der Waals surface area contributed by atoms with Gasteiger partial charge in [-0.2, -0.15) is 7.05 Å². The van der Waals surface area contributed by atoms with Gasteiger partial charge in [0, 0.05) is 6.42 Å². The third kappa shape index (κ3) is 3.12. The molecule has 1 unspecified atom stereocenters. The largest absolute Gasteiger partial charge is 0.466 e. The number of likely N-dealkylation sites (tertiary alicyclic amines) is 1. The highest BCUT2D eigenvalue weighted by molar-refractivity contribution is 4.61. The Bertz CT molecular complexity index is 121. The summed E-state index contributed by atoms with van der Waals surface area (Å²) in [6.45, 7) is 1.25. The van der Waals surface area contributed by atoms with E-state index in [-0.39, 0.29) is 6.10 Å². The Kier molecular flexibility index (Phi) is 3.20. The zero-order chi connectivity index (χ0) is 8.27. The molecule has 0 aromatic rings. The van der Waals surface area contributed by atoms with Gasteiger partial charge in [0.1, 0.15) is 12.7 Å². The lowest BCUT2D eigenvalue weighted by molar-refractivity contribution is -0.841. The van der Waals surface area contributed by atoms with Crippen molar-refractivity contribution in [3.05, 3.63) is 7.05 Å². The summed E-state index contributed by atoms with van der Waals surface area (Å²) >= 11 is 0. The highest BCUT2D eigenvalue weighted by Crippen LogP contribution is 2.02. The number of rotatable bonds is 3. The van der Waals surface area contributed by atoms with E-state index in [1.807, 2.05) is 0 Å². The molecule has 11 heavy (non-hydrogen) atoms. The zero-order valence-electron chi connectivity index (χ0n) is 6.35. The molecule has 0 radical (unpaired) electrons. The van der Waals surface area contributed by atoms with Crippen LogP contribution in [0, 0.1) is 7.05 Å². The van der Waals surface area contributed by atoms with Gasteiger partial charge >= 0.3 is 0 Å². The minimum Gasteiger partial charge on any atom is -0.466 e. The van der Waals surface area contributed by atoms with Crippen LogP contribution in [0.2, 0.25) is 0 Å². The van der Waals surface area contributed by atoms with Crippen LogP contribution in [-0.2, 0) is 4.74 Å². The smallest absolute Gasteiger partial charge is 0.261 e. The molecule has 0 aromatic carbocycles. The lowest BCUT2D eigenvalue weighted by Gasteiger charge is -2.13. The van der Waals surface area contributed by atoms with Crippen molar-refractivity contribution >= 4 is 0 Å². The molecule has 1 heterocycles. The summed E-state index contributed by atoms with van der Waals surface area (Å²) in [7, 11) is 3.76. The molecule has 2 nitrogen and oxygen atoms in total. The van der Waals surface area contributed by atoms with Crippen LogP contribution < -0.4 is 4.90 Å². The molecule has 0 saturated carbocycles. The van der Waals surface area contributed by atoms with E-state index >= 15 is 0 Å². The maximum absolute atomic E-state index is 11.6. The Balaban J connectivity index is 2.08. The molecule has 66 valence electrons. The van der Waals surface area contributed by atoms with Gasteiger partial charge in [-0.25, -0.2) is 8.78 Å². The van der Waals surface area contributed by atoms with Crippen LogP contribution in [0.4, 0.5) is 8.78 Å². The molecule has 0 aliphatic carbocycles.